The van der Waals surface area contributed by atoms with Gasteiger partial charge in [0.25, 0.3) is 0 Å². The van der Waals surface area contributed by atoms with Crippen molar-refractivity contribution in [3.63, 3.8) is 0 Å². The number of nitrogens with zero attached hydrogens (tertiary/aromatic N) is 1. The molecule has 0 aliphatic carbocycles. The molecule has 1 saturated heterocycles. The molecule has 0 N–H and O–H groups in total. The van der Waals surface area contributed by atoms with E-state index in [1.165, 1.54) is 25.1 Å². The first kappa shape index (κ1) is 13.1. The molecule has 2 rings (SSSR count). The Bertz CT molecular complexity index is 504. The fourth-order valence-corrected chi connectivity index (χ4v) is 2.41. The lowest BCUT2D eigenvalue weighted by Crippen LogP contribution is -2.26. The van der Waals surface area contributed by atoms with Gasteiger partial charge in [0, 0.05) is 18.5 Å². The Morgan fingerprint density at radius 3 is 2.83 bits per heavy atom. The minimum Gasteiger partial charge on any atom is -0.311 e. The van der Waals surface area contributed by atoms with Crippen molar-refractivity contribution in [2.24, 2.45) is 5.92 Å². The standard InChI is InChI=1S/C13H14FNO2S/c1-8(16)11-5-10(14)2-3-12(11)15-6-9(7-18)4-13(15)17/h2-3,5,9,18H,4,6-7H2,1H3. The lowest BCUT2D eigenvalue weighted by atomic mass is 10.1. The average Bonchev–Trinajstić information content (AvgIpc) is 2.70. The molecule has 0 aromatic heterocycles. The third kappa shape index (κ3) is 2.41. The van der Waals surface area contributed by atoms with E-state index in [1.54, 1.807) is 4.90 Å². The zero-order valence-corrected chi connectivity index (χ0v) is 10.9. The van der Waals surface area contributed by atoms with Crippen LogP contribution in [0.5, 0.6) is 0 Å². The fraction of sp³-hybridized carbons (Fsp3) is 0.385. The Hall–Kier alpha value is -1.36. The molecule has 1 aliphatic heterocycles. The summed E-state index contributed by atoms with van der Waals surface area (Å²) in [6.45, 7) is 1.91. The first-order valence-corrected chi connectivity index (χ1v) is 6.38. The van der Waals surface area contributed by atoms with Gasteiger partial charge in [-0.25, -0.2) is 4.39 Å². The van der Waals surface area contributed by atoms with Crippen LogP contribution in [0, 0.1) is 11.7 Å². The number of hydrogen-bond acceptors (Lipinski definition) is 3. The normalized spacial score (nSPS) is 19.4. The number of ketones is 1. The predicted molar refractivity (Wildman–Crippen MR) is 70.7 cm³/mol. The highest BCUT2D eigenvalue weighted by atomic mass is 32.1. The highest BCUT2D eigenvalue weighted by Crippen LogP contribution is 2.29. The van der Waals surface area contributed by atoms with E-state index in [0.717, 1.165) is 0 Å². The maximum Gasteiger partial charge on any atom is 0.227 e. The predicted octanol–water partition coefficient (Wildman–Crippen LogP) is 2.31. The number of hydrogen-bond donors (Lipinski definition) is 1. The van der Waals surface area contributed by atoms with Gasteiger partial charge in [-0.3, -0.25) is 9.59 Å². The van der Waals surface area contributed by atoms with E-state index >= 15 is 0 Å². The summed E-state index contributed by atoms with van der Waals surface area (Å²) in [6, 6.07) is 3.94. The van der Waals surface area contributed by atoms with Crippen LogP contribution in [0.4, 0.5) is 10.1 Å². The van der Waals surface area contributed by atoms with Gasteiger partial charge >= 0.3 is 0 Å². The monoisotopic (exact) mass is 267 g/mol. The Labute approximate surface area is 110 Å². The quantitative estimate of drug-likeness (QED) is 0.674. The van der Waals surface area contributed by atoms with Crippen molar-refractivity contribution in [3.05, 3.63) is 29.6 Å². The molecule has 1 atom stereocenters. The number of anilines is 1. The lowest BCUT2D eigenvalue weighted by Gasteiger charge is -2.19. The van der Waals surface area contributed by atoms with Crippen molar-refractivity contribution in [1.29, 1.82) is 0 Å². The number of rotatable bonds is 3. The number of Topliss-reactive ketones (excluding diaryl/α,β-unsaturated/α-hetero) is 1. The molecule has 1 unspecified atom stereocenters. The number of thiol groups is 1. The molecule has 0 spiro atoms. The fourth-order valence-electron chi connectivity index (χ4n) is 2.16. The largest absolute Gasteiger partial charge is 0.311 e. The van der Waals surface area contributed by atoms with Crippen molar-refractivity contribution in [2.75, 3.05) is 17.2 Å². The lowest BCUT2D eigenvalue weighted by molar-refractivity contribution is -0.117. The number of carbonyl (C=O) groups excluding carboxylic acids is 2. The van der Waals surface area contributed by atoms with Gasteiger partial charge in [0.15, 0.2) is 5.78 Å². The summed E-state index contributed by atoms with van der Waals surface area (Å²) >= 11 is 4.19. The van der Waals surface area contributed by atoms with Gasteiger partial charge in [-0.15, -0.1) is 0 Å². The SMILES string of the molecule is CC(=O)c1cc(F)ccc1N1CC(CS)CC1=O. The summed E-state index contributed by atoms with van der Waals surface area (Å²) in [5.74, 6) is 0.0561. The third-order valence-electron chi connectivity index (χ3n) is 3.09. The van der Waals surface area contributed by atoms with Gasteiger partial charge in [-0.1, -0.05) is 0 Å². The first-order chi connectivity index (χ1) is 8.52. The van der Waals surface area contributed by atoms with Gasteiger partial charge in [0.1, 0.15) is 5.82 Å². The van der Waals surface area contributed by atoms with Gasteiger partial charge in [0.05, 0.1) is 5.69 Å². The van der Waals surface area contributed by atoms with Gasteiger partial charge in [-0.2, -0.15) is 12.6 Å². The zero-order valence-electron chi connectivity index (χ0n) is 10.0. The van der Waals surface area contributed by atoms with E-state index in [-0.39, 0.29) is 23.2 Å². The van der Waals surface area contributed by atoms with E-state index in [2.05, 4.69) is 12.6 Å². The zero-order chi connectivity index (χ0) is 13.3. The van der Waals surface area contributed by atoms with Crippen LogP contribution >= 0.6 is 12.6 Å². The maximum absolute atomic E-state index is 13.2. The van der Waals surface area contributed by atoms with Crippen LogP contribution in [0.25, 0.3) is 0 Å². The van der Waals surface area contributed by atoms with Gasteiger partial charge < -0.3 is 4.90 Å². The summed E-state index contributed by atoms with van der Waals surface area (Å²) in [4.78, 5) is 25.0. The van der Waals surface area contributed by atoms with E-state index in [1.807, 2.05) is 0 Å². The second kappa shape index (κ2) is 5.10. The highest BCUT2D eigenvalue weighted by molar-refractivity contribution is 7.80. The van der Waals surface area contributed by atoms with Crippen molar-refractivity contribution in [2.45, 2.75) is 13.3 Å². The number of halogens is 1. The van der Waals surface area contributed by atoms with Gasteiger partial charge in [0.2, 0.25) is 5.91 Å². The Morgan fingerprint density at radius 1 is 1.56 bits per heavy atom. The molecule has 18 heavy (non-hydrogen) atoms. The van der Waals surface area contributed by atoms with E-state index < -0.39 is 5.82 Å². The number of carbonyl (C=O) groups is 2. The molecule has 3 nitrogen and oxygen atoms in total. The summed E-state index contributed by atoms with van der Waals surface area (Å²) < 4.78 is 13.2. The molecule has 5 heteroatoms. The number of benzene rings is 1. The van der Waals surface area contributed by atoms with Gasteiger partial charge in [-0.05, 0) is 36.8 Å². The molecule has 1 aromatic rings. The molecule has 1 fully saturated rings. The highest BCUT2D eigenvalue weighted by Gasteiger charge is 2.31. The van der Waals surface area contributed by atoms with Crippen LogP contribution in [-0.4, -0.2) is 24.0 Å². The Kier molecular flexibility index (Phi) is 3.71. The van der Waals surface area contributed by atoms with Crippen LogP contribution in [0.3, 0.4) is 0 Å². The van der Waals surface area contributed by atoms with Crippen molar-refractivity contribution in [1.82, 2.24) is 0 Å². The Morgan fingerprint density at radius 2 is 2.28 bits per heavy atom. The molecule has 0 saturated carbocycles. The molecular formula is C13H14FNO2S. The number of amides is 1. The molecule has 96 valence electrons. The Balaban J connectivity index is 2.39. The molecule has 1 aromatic carbocycles. The minimum absolute atomic E-state index is 0.0387. The summed E-state index contributed by atoms with van der Waals surface area (Å²) in [5, 5.41) is 0. The van der Waals surface area contributed by atoms with Crippen LogP contribution in [0.2, 0.25) is 0 Å². The van der Waals surface area contributed by atoms with E-state index in [4.69, 9.17) is 0 Å². The van der Waals surface area contributed by atoms with Crippen molar-refractivity contribution >= 4 is 30.0 Å². The minimum atomic E-state index is -0.471. The third-order valence-corrected chi connectivity index (χ3v) is 3.61. The average molecular weight is 267 g/mol. The molecule has 0 radical (unpaired) electrons. The summed E-state index contributed by atoms with van der Waals surface area (Å²) in [6.07, 6.45) is 0.429. The molecule has 1 heterocycles. The second-order valence-corrected chi connectivity index (χ2v) is 4.84. The molecular weight excluding hydrogens is 253 g/mol. The van der Waals surface area contributed by atoms with Crippen LogP contribution in [-0.2, 0) is 4.79 Å². The maximum atomic E-state index is 13.2. The summed E-state index contributed by atoms with van der Waals surface area (Å²) in [7, 11) is 0. The topological polar surface area (TPSA) is 37.4 Å². The van der Waals surface area contributed by atoms with Crippen LogP contribution in [0.15, 0.2) is 18.2 Å². The molecule has 0 bridgehead atoms. The molecule has 1 amide bonds. The van der Waals surface area contributed by atoms with E-state index in [0.29, 0.717) is 24.4 Å². The molecule has 1 aliphatic rings. The first-order valence-electron chi connectivity index (χ1n) is 5.74. The van der Waals surface area contributed by atoms with E-state index in [9.17, 15) is 14.0 Å². The second-order valence-electron chi connectivity index (χ2n) is 4.47. The van der Waals surface area contributed by atoms with Crippen LogP contribution < -0.4 is 4.90 Å². The smallest absolute Gasteiger partial charge is 0.227 e. The van der Waals surface area contributed by atoms with Crippen molar-refractivity contribution < 1.29 is 14.0 Å². The summed E-state index contributed by atoms with van der Waals surface area (Å²) in [5.41, 5.74) is 0.751. The van der Waals surface area contributed by atoms with Crippen molar-refractivity contribution in [3.8, 4) is 0 Å². The van der Waals surface area contributed by atoms with Crippen LogP contribution in [0.1, 0.15) is 23.7 Å².